The summed E-state index contributed by atoms with van der Waals surface area (Å²) in [6.07, 6.45) is 6.81. The monoisotopic (exact) mass is 428 g/mol. The van der Waals surface area contributed by atoms with E-state index in [9.17, 15) is 18.0 Å². The third-order valence-corrected chi connectivity index (χ3v) is 7.32. The smallest absolute Gasteiger partial charge is 0.232 e. The molecule has 2 heterocycles. The minimum atomic E-state index is -3.36. The minimum absolute atomic E-state index is 0.134. The highest BCUT2D eigenvalue weighted by atomic mass is 32.2. The van der Waals surface area contributed by atoms with Crippen molar-refractivity contribution in [2.24, 2.45) is 5.92 Å². The van der Waals surface area contributed by atoms with Crippen LogP contribution in [0.5, 0.6) is 0 Å². The molecule has 1 aromatic carbocycles. The molecule has 4 rings (SSSR count). The summed E-state index contributed by atoms with van der Waals surface area (Å²) in [7, 11) is -3.36. The molecular formula is C21H24N4O4S. The first kappa shape index (κ1) is 20.5. The van der Waals surface area contributed by atoms with Crippen molar-refractivity contribution in [3.63, 3.8) is 0 Å². The molecule has 0 bridgehead atoms. The molecule has 1 fully saturated rings. The Hall–Kier alpha value is -2.81. The van der Waals surface area contributed by atoms with Crippen LogP contribution in [-0.2, 0) is 20.2 Å². The van der Waals surface area contributed by atoms with Gasteiger partial charge in [0.2, 0.25) is 21.9 Å². The highest BCUT2D eigenvalue weighted by Crippen LogP contribution is 2.50. The van der Waals surface area contributed by atoms with Crippen LogP contribution in [0, 0.1) is 5.92 Å². The molecule has 1 spiro atoms. The molecule has 1 aliphatic heterocycles. The number of nitrogens with zero attached hydrogens (tertiary/aromatic N) is 3. The van der Waals surface area contributed by atoms with E-state index in [0.717, 1.165) is 24.1 Å². The Morgan fingerprint density at radius 1 is 1.13 bits per heavy atom. The van der Waals surface area contributed by atoms with Gasteiger partial charge in [-0.3, -0.25) is 19.2 Å². The number of rotatable bonds is 4. The minimum Gasteiger partial charge on any atom is -0.294 e. The lowest BCUT2D eigenvalue weighted by atomic mass is 9.67. The molecule has 1 aliphatic carbocycles. The molecule has 1 aromatic heterocycles. The van der Waals surface area contributed by atoms with Gasteiger partial charge >= 0.3 is 0 Å². The van der Waals surface area contributed by atoms with Crippen molar-refractivity contribution in [2.75, 3.05) is 22.4 Å². The Labute approximate surface area is 175 Å². The number of para-hydroxylation sites is 1. The van der Waals surface area contributed by atoms with E-state index in [0.29, 0.717) is 24.9 Å². The van der Waals surface area contributed by atoms with Gasteiger partial charge in [0.05, 0.1) is 17.5 Å². The second-order valence-corrected chi connectivity index (χ2v) is 10.1. The second-order valence-electron chi connectivity index (χ2n) is 8.18. The molecule has 9 heteroatoms. The molecule has 0 unspecified atom stereocenters. The van der Waals surface area contributed by atoms with Crippen LogP contribution in [0.1, 0.15) is 48.5 Å². The van der Waals surface area contributed by atoms with E-state index in [4.69, 9.17) is 0 Å². The Bertz CT molecular complexity index is 1090. The Morgan fingerprint density at radius 2 is 1.77 bits per heavy atom. The van der Waals surface area contributed by atoms with Crippen molar-refractivity contribution in [2.45, 2.75) is 38.0 Å². The molecule has 0 saturated heterocycles. The second kappa shape index (κ2) is 7.46. The number of ketones is 1. The van der Waals surface area contributed by atoms with Crippen LogP contribution in [0.15, 0.2) is 36.7 Å². The van der Waals surface area contributed by atoms with Gasteiger partial charge in [-0.1, -0.05) is 18.2 Å². The van der Waals surface area contributed by atoms with Crippen LogP contribution in [0.4, 0.5) is 11.6 Å². The summed E-state index contributed by atoms with van der Waals surface area (Å²) in [4.78, 5) is 32.1. The molecular weight excluding hydrogens is 404 g/mol. The van der Waals surface area contributed by atoms with Crippen molar-refractivity contribution in [1.29, 1.82) is 0 Å². The fourth-order valence-electron chi connectivity index (χ4n) is 4.53. The van der Waals surface area contributed by atoms with Gasteiger partial charge in [-0.25, -0.2) is 18.4 Å². The molecule has 0 radical (unpaired) electrons. The molecule has 1 saturated carbocycles. The van der Waals surface area contributed by atoms with Crippen molar-refractivity contribution in [3.05, 3.63) is 47.8 Å². The largest absolute Gasteiger partial charge is 0.294 e. The van der Waals surface area contributed by atoms with Gasteiger partial charge in [-0.2, -0.15) is 0 Å². The SMILES string of the molecule is CC(=O)c1cnc(NC(=O)[C@H]2CC[C@]3(CC2)CN(S(C)(=O)=O)c2ccccc23)nc1. The lowest BCUT2D eigenvalue weighted by Crippen LogP contribution is -2.41. The molecule has 1 N–H and O–H groups in total. The summed E-state index contributed by atoms with van der Waals surface area (Å²) < 4.78 is 26.1. The fraction of sp³-hybridized carbons (Fsp3) is 0.429. The number of fused-ring (bicyclic) bond motifs is 2. The highest BCUT2D eigenvalue weighted by Gasteiger charge is 2.47. The number of carbonyl (C=O) groups excluding carboxylic acids is 2. The van der Waals surface area contributed by atoms with Crippen LogP contribution < -0.4 is 9.62 Å². The lowest BCUT2D eigenvalue weighted by Gasteiger charge is -2.37. The van der Waals surface area contributed by atoms with Crippen molar-refractivity contribution in [3.8, 4) is 0 Å². The van der Waals surface area contributed by atoms with E-state index in [2.05, 4.69) is 15.3 Å². The zero-order valence-corrected chi connectivity index (χ0v) is 17.8. The summed E-state index contributed by atoms with van der Waals surface area (Å²) >= 11 is 0. The number of Topliss-reactive ketones (excluding diaryl/α,β-unsaturated/α-hetero) is 1. The van der Waals surface area contributed by atoms with E-state index in [-0.39, 0.29) is 29.0 Å². The summed E-state index contributed by atoms with van der Waals surface area (Å²) in [6, 6.07) is 7.65. The van der Waals surface area contributed by atoms with E-state index < -0.39 is 10.0 Å². The number of benzene rings is 1. The van der Waals surface area contributed by atoms with Gasteiger partial charge in [0.25, 0.3) is 0 Å². The molecule has 158 valence electrons. The maximum atomic E-state index is 12.7. The van der Waals surface area contributed by atoms with Gasteiger partial charge in [-0.05, 0) is 44.2 Å². The van der Waals surface area contributed by atoms with Gasteiger partial charge in [0.15, 0.2) is 5.78 Å². The van der Waals surface area contributed by atoms with Gasteiger partial charge in [0, 0.05) is 30.3 Å². The quantitative estimate of drug-likeness (QED) is 0.750. The molecule has 0 atom stereocenters. The maximum Gasteiger partial charge on any atom is 0.232 e. The Balaban J connectivity index is 1.46. The topological polar surface area (TPSA) is 109 Å². The first-order valence-corrected chi connectivity index (χ1v) is 11.8. The Morgan fingerprint density at radius 3 is 2.37 bits per heavy atom. The van der Waals surface area contributed by atoms with Crippen LogP contribution in [0.3, 0.4) is 0 Å². The average molecular weight is 429 g/mol. The molecule has 2 aromatic rings. The highest BCUT2D eigenvalue weighted by molar-refractivity contribution is 7.92. The summed E-state index contributed by atoms with van der Waals surface area (Å²) in [5, 5.41) is 2.73. The predicted molar refractivity (Wildman–Crippen MR) is 113 cm³/mol. The van der Waals surface area contributed by atoms with Crippen molar-refractivity contribution < 1.29 is 18.0 Å². The van der Waals surface area contributed by atoms with Gasteiger partial charge in [-0.15, -0.1) is 0 Å². The summed E-state index contributed by atoms with van der Waals surface area (Å²) in [6.45, 7) is 1.86. The van der Waals surface area contributed by atoms with Gasteiger partial charge < -0.3 is 0 Å². The predicted octanol–water partition coefficient (Wildman–Crippen LogP) is 2.53. The average Bonchev–Trinajstić information content (AvgIpc) is 3.04. The normalized spacial score (nSPS) is 23.3. The van der Waals surface area contributed by atoms with E-state index >= 15 is 0 Å². The fourth-order valence-corrected chi connectivity index (χ4v) is 5.53. The number of hydrogen-bond donors (Lipinski definition) is 1. The van der Waals surface area contributed by atoms with Crippen LogP contribution in [0.2, 0.25) is 0 Å². The molecule has 2 aliphatic rings. The number of carbonyl (C=O) groups is 2. The maximum absolute atomic E-state index is 12.7. The van der Waals surface area contributed by atoms with E-state index in [1.807, 2.05) is 24.3 Å². The van der Waals surface area contributed by atoms with Crippen LogP contribution in [-0.4, -0.2) is 42.9 Å². The van der Waals surface area contributed by atoms with Crippen molar-refractivity contribution >= 4 is 33.3 Å². The summed E-state index contributed by atoms with van der Waals surface area (Å²) in [5.41, 5.74) is 1.94. The number of nitrogens with one attached hydrogen (secondary N) is 1. The van der Waals surface area contributed by atoms with E-state index in [1.54, 1.807) is 0 Å². The zero-order chi connectivity index (χ0) is 21.5. The zero-order valence-electron chi connectivity index (χ0n) is 17.0. The third kappa shape index (κ3) is 3.69. The number of aromatic nitrogens is 2. The molecule has 30 heavy (non-hydrogen) atoms. The summed E-state index contributed by atoms with van der Waals surface area (Å²) in [5.74, 6) is -0.289. The molecule has 1 amide bonds. The van der Waals surface area contributed by atoms with Gasteiger partial charge in [0.1, 0.15) is 0 Å². The lowest BCUT2D eigenvalue weighted by molar-refractivity contribution is -0.121. The van der Waals surface area contributed by atoms with E-state index in [1.165, 1.54) is 29.9 Å². The van der Waals surface area contributed by atoms with Crippen LogP contribution in [0.25, 0.3) is 0 Å². The Kier molecular flexibility index (Phi) is 5.09. The standard InChI is InChI=1S/C21H24N4O4S/c1-14(26)16-11-22-20(23-12-16)24-19(27)15-7-9-21(10-8-15)13-25(30(2,28)29)18-6-4-3-5-17(18)21/h3-6,11-12,15H,7-10,13H2,1-2H3,(H,22,23,24,27)/t15-,21-. The first-order chi connectivity index (χ1) is 14.2. The number of hydrogen-bond acceptors (Lipinski definition) is 6. The number of anilines is 2. The van der Waals surface area contributed by atoms with Crippen molar-refractivity contribution in [1.82, 2.24) is 9.97 Å². The number of amides is 1. The van der Waals surface area contributed by atoms with Crippen LogP contribution >= 0.6 is 0 Å². The third-order valence-electron chi connectivity index (χ3n) is 6.20. The molecule has 8 nitrogen and oxygen atoms in total. The first-order valence-electron chi connectivity index (χ1n) is 9.91. The number of sulfonamides is 1.